The predicted molar refractivity (Wildman–Crippen MR) is 90.5 cm³/mol. The number of carbonyl (C=O) groups is 1. The summed E-state index contributed by atoms with van der Waals surface area (Å²) in [5.74, 6) is 0.394. The lowest BCUT2D eigenvalue weighted by Crippen LogP contribution is -2.09. The number of methoxy groups -OCH3 is 1. The monoisotopic (exact) mass is 365 g/mol. The minimum absolute atomic E-state index is 0.117. The van der Waals surface area contributed by atoms with Crippen molar-refractivity contribution < 1.29 is 28.1 Å². The molecular weight excluding hydrogens is 349 g/mol. The number of Topliss-reactive ketones (excluding diaryl/α,β-unsaturated/α-hetero) is 1. The van der Waals surface area contributed by atoms with Crippen LogP contribution in [0.1, 0.15) is 10.4 Å². The average Bonchev–Trinajstić information content (AvgIpc) is 2.60. The number of ketones is 1. The van der Waals surface area contributed by atoms with E-state index in [0.29, 0.717) is 11.3 Å². The highest BCUT2D eigenvalue weighted by Crippen LogP contribution is 2.44. The number of carbonyl (C=O) groups excluding carboxylic acids is 1. The highest BCUT2D eigenvalue weighted by molar-refractivity contribution is 7.53. The zero-order chi connectivity index (χ0) is 18.4. The van der Waals surface area contributed by atoms with Crippen LogP contribution >= 0.6 is 7.60 Å². The van der Waals surface area contributed by atoms with Crippen molar-refractivity contribution in [2.45, 2.75) is 0 Å². The van der Waals surface area contributed by atoms with Crippen molar-refractivity contribution in [3.8, 4) is 11.5 Å². The third kappa shape index (κ3) is 5.41. The molecule has 1 atom stereocenters. The zero-order valence-electron chi connectivity index (χ0n) is 13.6. The molecule has 0 aliphatic rings. The van der Waals surface area contributed by atoms with Gasteiger partial charge in [0.25, 0.3) is 5.69 Å². The van der Waals surface area contributed by atoms with Crippen LogP contribution in [-0.2, 0) is 9.09 Å². The Labute approximate surface area is 144 Å². The summed E-state index contributed by atoms with van der Waals surface area (Å²) >= 11 is 0. The fourth-order valence-electron chi connectivity index (χ4n) is 1.88. The molecule has 0 spiro atoms. The third-order valence-electron chi connectivity index (χ3n) is 3.16. The van der Waals surface area contributed by atoms with Gasteiger partial charge in [0.05, 0.1) is 12.0 Å². The van der Waals surface area contributed by atoms with Gasteiger partial charge in [-0.05, 0) is 36.4 Å². The molecule has 8 nitrogen and oxygen atoms in total. The van der Waals surface area contributed by atoms with Gasteiger partial charge in [0.2, 0.25) is 0 Å². The highest BCUT2D eigenvalue weighted by atomic mass is 31.2. The predicted octanol–water partition coefficient (Wildman–Crippen LogP) is 3.70. The van der Waals surface area contributed by atoms with Gasteiger partial charge in [-0.1, -0.05) is 0 Å². The molecule has 0 unspecified atom stereocenters. The molecule has 0 bridgehead atoms. The second kappa shape index (κ2) is 7.92. The summed E-state index contributed by atoms with van der Waals surface area (Å²) in [6.45, 7) is 0.794. The Kier molecular flexibility index (Phi) is 5.90. The molecule has 0 fully saturated rings. The van der Waals surface area contributed by atoms with E-state index in [9.17, 15) is 19.5 Å². The summed E-state index contributed by atoms with van der Waals surface area (Å²) < 4.78 is 27.6. The molecule has 0 heterocycles. The molecule has 0 aliphatic heterocycles. The van der Waals surface area contributed by atoms with E-state index < -0.39 is 19.1 Å². The molecule has 0 saturated carbocycles. The van der Waals surface area contributed by atoms with Gasteiger partial charge in [0, 0.05) is 24.4 Å². The number of rotatable bonds is 8. The molecule has 9 heteroatoms. The van der Waals surface area contributed by atoms with E-state index >= 15 is 0 Å². The Morgan fingerprint density at radius 2 is 1.64 bits per heavy atom. The van der Waals surface area contributed by atoms with E-state index in [0.717, 1.165) is 0 Å². The van der Waals surface area contributed by atoms with E-state index in [1.807, 2.05) is 0 Å². The highest BCUT2D eigenvalue weighted by Gasteiger charge is 2.21. The largest absolute Gasteiger partial charge is 0.497 e. The van der Waals surface area contributed by atoms with E-state index in [1.165, 1.54) is 38.0 Å². The molecule has 2 rings (SSSR count). The molecule has 0 radical (unpaired) electrons. The second-order valence-electron chi connectivity index (χ2n) is 5.04. The van der Waals surface area contributed by atoms with Gasteiger partial charge in [-0.3, -0.25) is 19.4 Å². The van der Waals surface area contributed by atoms with Crippen LogP contribution in [0.15, 0.2) is 48.5 Å². The van der Waals surface area contributed by atoms with Crippen LogP contribution in [0.4, 0.5) is 5.69 Å². The molecular formula is C16H16NO7P. The molecule has 0 saturated heterocycles. The second-order valence-corrected chi connectivity index (χ2v) is 7.02. The summed E-state index contributed by atoms with van der Waals surface area (Å²) in [5.41, 5.74) is 0.269. The zero-order valence-corrected chi connectivity index (χ0v) is 14.5. The first-order chi connectivity index (χ1) is 11.8. The molecule has 2 aromatic rings. The van der Waals surface area contributed by atoms with Crippen LogP contribution in [0.3, 0.4) is 0 Å². The van der Waals surface area contributed by atoms with Gasteiger partial charge < -0.3 is 9.26 Å². The summed E-state index contributed by atoms with van der Waals surface area (Å²) in [5, 5.41) is 10.6. The minimum Gasteiger partial charge on any atom is -0.497 e. The maximum Gasteiger partial charge on any atom is 0.376 e. The van der Waals surface area contributed by atoms with Gasteiger partial charge >= 0.3 is 7.60 Å². The first-order valence-corrected chi connectivity index (χ1v) is 9.13. The van der Waals surface area contributed by atoms with Crippen molar-refractivity contribution in [2.75, 3.05) is 20.4 Å². The molecule has 0 aliphatic carbocycles. The van der Waals surface area contributed by atoms with Crippen molar-refractivity contribution in [1.29, 1.82) is 0 Å². The topological polar surface area (TPSA) is 105 Å². The van der Waals surface area contributed by atoms with E-state index in [-0.39, 0.29) is 17.2 Å². The maximum atomic E-state index is 12.3. The maximum absolute atomic E-state index is 12.3. The lowest BCUT2D eigenvalue weighted by molar-refractivity contribution is -0.384. The number of non-ortho nitro benzene ring substituents is 1. The van der Waals surface area contributed by atoms with Crippen molar-refractivity contribution in [2.24, 2.45) is 0 Å². The lowest BCUT2D eigenvalue weighted by Gasteiger charge is -2.14. The minimum atomic E-state index is -3.56. The van der Waals surface area contributed by atoms with Gasteiger partial charge in [0.15, 0.2) is 5.78 Å². The van der Waals surface area contributed by atoms with Crippen LogP contribution in [0, 0.1) is 10.1 Å². The van der Waals surface area contributed by atoms with Gasteiger partial charge in [-0.15, -0.1) is 0 Å². The van der Waals surface area contributed by atoms with Crippen molar-refractivity contribution in [1.82, 2.24) is 0 Å². The summed E-state index contributed by atoms with van der Waals surface area (Å²) in [4.78, 5) is 22.1. The van der Waals surface area contributed by atoms with E-state index in [4.69, 9.17) is 13.8 Å². The Morgan fingerprint density at radius 3 is 2.16 bits per heavy atom. The molecule has 0 amide bonds. The standard InChI is InChI=1S/C16H16NO7P/c1-22-14-7-3-12(4-8-14)16(18)11-23-25(2,21)24-15-9-5-13(6-10-15)17(19)20/h3-10H,11H2,1-2H3/t25-/m1/s1. The number of hydrogen-bond donors (Lipinski definition) is 0. The average molecular weight is 365 g/mol. The Morgan fingerprint density at radius 1 is 1.08 bits per heavy atom. The Hall–Kier alpha value is -2.70. The number of nitrogens with zero attached hydrogens (tertiary/aromatic N) is 1. The number of hydrogen-bond acceptors (Lipinski definition) is 7. The number of nitro groups is 1. The van der Waals surface area contributed by atoms with Crippen molar-refractivity contribution >= 4 is 19.1 Å². The molecule has 132 valence electrons. The van der Waals surface area contributed by atoms with Crippen LogP contribution in [0.5, 0.6) is 11.5 Å². The van der Waals surface area contributed by atoms with Gasteiger partial charge in [0.1, 0.15) is 18.1 Å². The first kappa shape index (κ1) is 18.6. The fraction of sp³-hybridized carbons (Fsp3) is 0.188. The summed E-state index contributed by atoms with van der Waals surface area (Å²) in [7, 11) is -2.04. The fourth-order valence-corrected chi connectivity index (χ4v) is 2.79. The Balaban J connectivity index is 1.94. The van der Waals surface area contributed by atoms with Crippen molar-refractivity contribution in [3.63, 3.8) is 0 Å². The lowest BCUT2D eigenvalue weighted by atomic mass is 10.1. The van der Waals surface area contributed by atoms with E-state index in [2.05, 4.69) is 0 Å². The molecule has 2 aromatic carbocycles. The quantitative estimate of drug-likeness (QED) is 0.304. The van der Waals surface area contributed by atoms with Crippen LogP contribution in [-0.4, -0.2) is 31.1 Å². The SMILES string of the molecule is COc1ccc(C(=O)CO[P@@](C)(=O)Oc2ccc([N+](=O)[O-])cc2)cc1. The normalized spacial score (nSPS) is 12.9. The first-order valence-electron chi connectivity index (χ1n) is 7.14. The van der Waals surface area contributed by atoms with E-state index in [1.54, 1.807) is 24.3 Å². The van der Waals surface area contributed by atoms with Gasteiger partial charge in [-0.25, -0.2) is 4.57 Å². The van der Waals surface area contributed by atoms with Crippen LogP contribution < -0.4 is 9.26 Å². The summed E-state index contributed by atoms with van der Waals surface area (Å²) in [6, 6.07) is 11.5. The van der Waals surface area contributed by atoms with Crippen LogP contribution in [0.25, 0.3) is 0 Å². The Bertz CT molecular complexity index is 802. The van der Waals surface area contributed by atoms with Gasteiger partial charge in [-0.2, -0.15) is 0 Å². The molecule has 0 N–H and O–H groups in total. The van der Waals surface area contributed by atoms with Crippen LogP contribution in [0.2, 0.25) is 0 Å². The third-order valence-corrected chi connectivity index (χ3v) is 4.30. The van der Waals surface area contributed by atoms with Crippen molar-refractivity contribution in [3.05, 3.63) is 64.2 Å². The smallest absolute Gasteiger partial charge is 0.376 e. The summed E-state index contributed by atoms with van der Waals surface area (Å²) in [6.07, 6.45) is 0. The number of benzene rings is 2. The number of ether oxygens (including phenoxy) is 1. The molecule has 0 aromatic heterocycles. The molecule has 25 heavy (non-hydrogen) atoms. The number of nitro benzene ring substituents is 1.